The molecule has 0 saturated carbocycles. The summed E-state index contributed by atoms with van der Waals surface area (Å²) in [5, 5.41) is 8.06. The molecule has 0 aromatic carbocycles. The van der Waals surface area contributed by atoms with Crippen LogP contribution >= 0.6 is 0 Å². The lowest BCUT2D eigenvalue weighted by Gasteiger charge is -1.96. The van der Waals surface area contributed by atoms with Gasteiger partial charge in [-0.05, 0) is 0 Å². The Hall–Kier alpha value is -0.554. The second kappa shape index (κ2) is 7.55. The fraction of sp³-hybridized carbons (Fsp3) is 0.333. The maximum atomic E-state index is 10.4. The molecular formula is C6H10MgO4. The van der Waals surface area contributed by atoms with E-state index in [1.807, 2.05) is 0 Å². The van der Waals surface area contributed by atoms with Gasteiger partial charge in [0.25, 0.3) is 0 Å². The van der Waals surface area contributed by atoms with Crippen LogP contribution in [0.5, 0.6) is 0 Å². The minimum absolute atomic E-state index is 0. The first-order chi connectivity index (χ1) is 4.66. The van der Waals surface area contributed by atoms with Crippen molar-refractivity contribution in [2.24, 2.45) is 0 Å². The van der Waals surface area contributed by atoms with Gasteiger partial charge in [0.15, 0.2) is 0 Å². The molecule has 4 nitrogen and oxygen atoms in total. The number of ether oxygens (including phenoxy) is 1. The van der Waals surface area contributed by atoms with Crippen molar-refractivity contribution < 1.29 is 19.4 Å². The fourth-order valence-corrected chi connectivity index (χ4v) is 0.326. The normalized spacial score (nSPS) is 7.64. The summed E-state index contributed by atoms with van der Waals surface area (Å²) in [6.45, 7) is 3.35. The zero-order valence-corrected chi connectivity index (χ0v) is 5.37. The van der Waals surface area contributed by atoms with E-state index >= 15 is 0 Å². The summed E-state index contributed by atoms with van der Waals surface area (Å²) >= 11 is 0. The second-order valence-electron chi connectivity index (χ2n) is 1.54. The minimum Gasteiger partial charge on any atom is -0.481 e. The highest BCUT2D eigenvalue weighted by Gasteiger charge is 2.06. The lowest BCUT2D eigenvalue weighted by molar-refractivity contribution is -0.150. The van der Waals surface area contributed by atoms with Gasteiger partial charge in [-0.2, -0.15) is 0 Å². The van der Waals surface area contributed by atoms with Crippen LogP contribution in [0, 0.1) is 0 Å². The highest BCUT2D eigenvalue weighted by Crippen LogP contribution is 1.85. The molecule has 60 valence electrons. The first-order valence-electron chi connectivity index (χ1n) is 2.65. The van der Waals surface area contributed by atoms with Crippen LogP contribution < -0.4 is 0 Å². The van der Waals surface area contributed by atoms with Crippen LogP contribution in [0.1, 0.15) is 6.42 Å². The van der Waals surface area contributed by atoms with E-state index in [1.165, 1.54) is 6.08 Å². The molecule has 5 heteroatoms. The van der Waals surface area contributed by atoms with E-state index in [4.69, 9.17) is 5.11 Å². The van der Waals surface area contributed by atoms with Gasteiger partial charge in [-0.3, -0.25) is 9.59 Å². The summed E-state index contributed by atoms with van der Waals surface area (Å²) in [6.07, 6.45) is 0.785. The van der Waals surface area contributed by atoms with Crippen molar-refractivity contribution in [1.82, 2.24) is 0 Å². The molecule has 0 aliphatic carbocycles. The molecule has 0 aromatic heterocycles. The van der Waals surface area contributed by atoms with Crippen molar-refractivity contribution in [2.45, 2.75) is 6.42 Å². The van der Waals surface area contributed by atoms with Crippen LogP contribution in [0.25, 0.3) is 0 Å². The zero-order valence-electron chi connectivity index (χ0n) is 5.37. The molecule has 0 aliphatic heterocycles. The van der Waals surface area contributed by atoms with Gasteiger partial charge in [0, 0.05) is 0 Å². The number of rotatable bonds is 4. The van der Waals surface area contributed by atoms with Crippen LogP contribution in [0.3, 0.4) is 0 Å². The number of carbonyl (C=O) groups is 2. The van der Waals surface area contributed by atoms with E-state index in [-0.39, 0.29) is 29.7 Å². The molecule has 0 rings (SSSR count). The maximum Gasteiger partial charge on any atom is 0.317 e. The maximum absolute atomic E-state index is 10.4. The molecule has 1 N–H and O–H groups in total. The Kier molecular flexibility index (Phi) is 8.97. The van der Waals surface area contributed by atoms with Gasteiger partial charge < -0.3 is 9.84 Å². The second-order valence-corrected chi connectivity index (χ2v) is 1.54. The molecule has 0 fully saturated rings. The molecule has 0 unspecified atom stereocenters. The average Bonchev–Trinajstić information content (AvgIpc) is 1.82. The molecule has 11 heavy (non-hydrogen) atoms. The molecule has 0 amide bonds. The number of carboxylic acid groups (broad SMARTS) is 1. The predicted molar refractivity (Wildman–Crippen MR) is 42.0 cm³/mol. The topological polar surface area (TPSA) is 63.6 Å². The third-order valence-electron chi connectivity index (χ3n) is 0.658. The van der Waals surface area contributed by atoms with Crippen molar-refractivity contribution in [2.75, 3.05) is 6.61 Å². The molecular weight excluding hydrogens is 160 g/mol. The third-order valence-corrected chi connectivity index (χ3v) is 0.658. The summed E-state index contributed by atoms with van der Waals surface area (Å²) < 4.78 is 4.36. The van der Waals surface area contributed by atoms with E-state index in [0.29, 0.717) is 0 Å². The first-order valence-corrected chi connectivity index (χ1v) is 2.65. The smallest absolute Gasteiger partial charge is 0.317 e. The Labute approximate surface area is 80.4 Å². The van der Waals surface area contributed by atoms with Crippen LogP contribution in [-0.2, 0) is 14.3 Å². The SMILES string of the molecule is C=CCOC(=O)CC(=O)O.[MgH2]. The average molecular weight is 170 g/mol. The highest BCUT2D eigenvalue weighted by atomic mass is 24.3. The number of hydrogen-bond acceptors (Lipinski definition) is 3. The van der Waals surface area contributed by atoms with E-state index in [0.717, 1.165) is 0 Å². The Bertz CT molecular complexity index is 155. The molecule has 0 spiro atoms. The molecule has 0 aliphatic rings. The Morgan fingerprint density at radius 2 is 2.09 bits per heavy atom. The Morgan fingerprint density at radius 3 is 2.45 bits per heavy atom. The van der Waals surface area contributed by atoms with Gasteiger partial charge in [-0.15, -0.1) is 0 Å². The lowest BCUT2D eigenvalue weighted by Crippen LogP contribution is -2.10. The number of carboxylic acids is 1. The fourth-order valence-electron chi connectivity index (χ4n) is 0.326. The van der Waals surface area contributed by atoms with E-state index in [1.54, 1.807) is 0 Å². The van der Waals surface area contributed by atoms with Crippen molar-refractivity contribution >= 4 is 35.0 Å². The highest BCUT2D eigenvalue weighted by molar-refractivity contribution is 5.90. The van der Waals surface area contributed by atoms with E-state index in [9.17, 15) is 9.59 Å². The first kappa shape index (κ1) is 13.1. The largest absolute Gasteiger partial charge is 0.481 e. The van der Waals surface area contributed by atoms with Crippen LogP contribution in [0.15, 0.2) is 12.7 Å². The summed E-state index contributed by atoms with van der Waals surface area (Å²) in [6, 6.07) is 0. The molecule has 0 radical (unpaired) electrons. The standard InChI is InChI=1S/C6H8O4.Mg.2H/c1-2-3-10-6(9)4-5(7)8;;;/h2H,1,3-4H2,(H,7,8);;;. The van der Waals surface area contributed by atoms with Gasteiger partial charge in [0.1, 0.15) is 13.0 Å². The van der Waals surface area contributed by atoms with E-state index < -0.39 is 18.4 Å². The van der Waals surface area contributed by atoms with E-state index in [2.05, 4.69) is 11.3 Å². The van der Waals surface area contributed by atoms with Gasteiger partial charge in [0.2, 0.25) is 0 Å². The summed E-state index contributed by atoms with van der Waals surface area (Å²) in [5.41, 5.74) is 0. The summed E-state index contributed by atoms with van der Waals surface area (Å²) in [4.78, 5) is 20.2. The number of carbonyl (C=O) groups excluding carboxylic acids is 1. The summed E-state index contributed by atoms with van der Waals surface area (Å²) in [7, 11) is 0. The monoisotopic (exact) mass is 170 g/mol. The van der Waals surface area contributed by atoms with Crippen molar-refractivity contribution in [3.05, 3.63) is 12.7 Å². The van der Waals surface area contributed by atoms with Gasteiger partial charge in [0.05, 0.1) is 0 Å². The molecule has 0 aromatic rings. The predicted octanol–water partition coefficient (Wildman–Crippen LogP) is -0.726. The van der Waals surface area contributed by atoms with Crippen molar-refractivity contribution in [1.29, 1.82) is 0 Å². The van der Waals surface area contributed by atoms with Gasteiger partial charge in [-0.1, -0.05) is 12.7 Å². The van der Waals surface area contributed by atoms with Crippen LogP contribution in [0.4, 0.5) is 0 Å². The molecule has 0 saturated heterocycles. The van der Waals surface area contributed by atoms with Gasteiger partial charge >= 0.3 is 35.0 Å². The van der Waals surface area contributed by atoms with Crippen LogP contribution in [0.2, 0.25) is 0 Å². The molecule has 0 bridgehead atoms. The third kappa shape index (κ3) is 9.45. The quantitative estimate of drug-likeness (QED) is 0.262. The molecule has 0 heterocycles. The van der Waals surface area contributed by atoms with Gasteiger partial charge in [-0.25, -0.2) is 0 Å². The minimum atomic E-state index is -1.19. The van der Waals surface area contributed by atoms with Crippen molar-refractivity contribution in [3.63, 3.8) is 0 Å². The number of hydrogen-bond donors (Lipinski definition) is 1. The summed E-state index contributed by atoms with van der Waals surface area (Å²) in [5.74, 6) is -1.93. The zero-order chi connectivity index (χ0) is 7.98. The Morgan fingerprint density at radius 1 is 1.55 bits per heavy atom. The number of aliphatic carboxylic acids is 1. The van der Waals surface area contributed by atoms with Crippen molar-refractivity contribution in [3.8, 4) is 0 Å². The lowest BCUT2D eigenvalue weighted by atomic mass is 10.4. The van der Waals surface area contributed by atoms with Crippen LogP contribution in [-0.4, -0.2) is 46.7 Å². The molecule has 0 atom stereocenters. The number of esters is 1. The Balaban J connectivity index is 0.